The molecule has 9 nitrogen and oxygen atoms in total. The zero-order valence-corrected chi connectivity index (χ0v) is 18.6. The summed E-state index contributed by atoms with van der Waals surface area (Å²) < 4.78 is 6.19. The van der Waals surface area contributed by atoms with Gasteiger partial charge in [-0.05, 0) is 38.2 Å². The lowest BCUT2D eigenvalue weighted by Crippen LogP contribution is -2.52. The highest BCUT2D eigenvalue weighted by atomic mass is 35.5. The highest BCUT2D eigenvalue weighted by Gasteiger charge is 2.44. The first kappa shape index (κ1) is 21.3. The summed E-state index contributed by atoms with van der Waals surface area (Å²) in [5.41, 5.74) is 2.33. The first-order valence-electron chi connectivity index (χ1n) is 11.4. The van der Waals surface area contributed by atoms with Gasteiger partial charge in [0, 0.05) is 24.7 Å². The van der Waals surface area contributed by atoms with E-state index in [1.54, 1.807) is 6.07 Å². The van der Waals surface area contributed by atoms with Gasteiger partial charge in [-0.15, -0.1) is 0 Å². The molecule has 1 aromatic heterocycles. The number of carbonyl (C=O) groups is 2. The van der Waals surface area contributed by atoms with Crippen molar-refractivity contribution in [1.82, 2.24) is 20.5 Å². The van der Waals surface area contributed by atoms with Crippen LogP contribution in [0.5, 0.6) is 0 Å². The van der Waals surface area contributed by atoms with Crippen molar-refractivity contribution in [2.75, 3.05) is 18.4 Å². The van der Waals surface area contributed by atoms with E-state index in [-0.39, 0.29) is 12.1 Å². The Kier molecular flexibility index (Phi) is 5.63. The van der Waals surface area contributed by atoms with E-state index in [1.807, 2.05) is 0 Å². The molecule has 1 atom stereocenters. The Morgan fingerprint density at radius 1 is 1.31 bits per heavy atom. The van der Waals surface area contributed by atoms with E-state index in [4.69, 9.17) is 16.0 Å². The molecule has 0 radical (unpaired) electrons. The number of urea groups is 1. The number of fused-ring (bicyclic) bond motifs is 4. The minimum atomic E-state index is -0.869. The molecule has 1 aromatic carbocycles. The summed E-state index contributed by atoms with van der Waals surface area (Å²) in [6, 6.07) is 1.45. The first-order chi connectivity index (χ1) is 15.5. The van der Waals surface area contributed by atoms with Crippen LogP contribution in [0.1, 0.15) is 62.8 Å². The Labute approximate surface area is 190 Å². The van der Waals surface area contributed by atoms with Gasteiger partial charge in [0.05, 0.1) is 22.8 Å². The number of amides is 3. The summed E-state index contributed by atoms with van der Waals surface area (Å²) in [4.78, 5) is 30.0. The molecule has 10 heteroatoms. The molecule has 32 heavy (non-hydrogen) atoms. The molecule has 2 aromatic rings. The standard InChI is InChI=1S/C22H28ClN5O4/c23-14-10-15-19(17-18(14)26-20(29)27-22(17)7-3-1-4-8-22)32-16(25-15)12-24-11-13-6-2-5-9-28(13)21(30)31/h10,13,24H,1-9,11-12H2,(H,30,31)(H2,26,27,29). The normalized spacial score (nSPS) is 22.5. The molecule has 172 valence electrons. The van der Waals surface area contributed by atoms with Crippen LogP contribution in [0.2, 0.25) is 5.02 Å². The van der Waals surface area contributed by atoms with Crippen LogP contribution in [0.4, 0.5) is 15.3 Å². The molecule has 1 aliphatic carbocycles. The van der Waals surface area contributed by atoms with Crippen molar-refractivity contribution in [2.24, 2.45) is 0 Å². The van der Waals surface area contributed by atoms with Gasteiger partial charge in [-0.2, -0.15) is 0 Å². The molecular formula is C22H28ClN5O4. The van der Waals surface area contributed by atoms with Crippen molar-refractivity contribution >= 4 is 40.5 Å². The molecular weight excluding hydrogens is 434 g/mol. The van der Waals surface area contributed by atoms with Gasteiger partial charge in [0.2, 0.25) is 5.89 Å². The lowest BCUT2D eigenvalue weighted by Gasteiger charge is -2.42. The maximum Gasteiger partial charge on any atom is 0.407 e. The van der Waals surface area contributed by atoms with Crippen molar-refractivity contribution in [3.63, 3.8) is 0 Å². The number of anilines is 1. The fourth-order valence-electron chi connectivity index (χ4n) is 5.50. The lowest BCUT2D eigenvalue weighted by molar-refractivity contribution is 0.106. The molecule has 5 rings (SSSR count). The third-order valence-electron chi connectivity index (χ3n) is 6.98. The average molecular weight is 462 g/mol. The number of hydrogen-bond donors (Lipinski definition) is 4. The van der Waals surface area contributed by atoms with Gasteiger partial charge in [-0.3, -0.25) is 0 Å². The van der Waals surface area contributed by atoms with E-state index in [2.05, 4.69) is 20.9 Å². The van der Waals surface area contributed by atoms with Crippen molar-refractivity contribution in [3.05, 3.63) is 22.5 Å². The number of carboxylic acid groups (broad SMARTS) is 1. The minimum absolute atomic E-state index is 0.0437. The van der Waals surface area contributed by atoms with Crippen LogP contribution in [0.3, 0.4) is 0 Å². The lowest BCUT2D eigenvalue weighted by atomic mass is 9.74. The van der Waals surface area contributed by atoms with Gasteiger partial charge in [0.25, 0.3) is 0 Å². The van der Waals surface area contributed by atoms with Gasteiger partial charge in [-0.1, -0.05) is 30.9 Å². The Balaban J connectivity index is 1.40. The van der Waals surface area contributed by atoms with Crippen LogP contribution in [0, 0.1) is 0 Å². The van der Waals surface area contributed by atoms with E-state index in [0.29, 0.717) is 47.3 Å². The maximum atomic E-state index is 12.4. The average Bonchev–Trinajstić information content (AvgIpc) is 3.16. The summed E-state index contributed by atoms with van der Waals surface area (Å²) in [5, 5.41) is 19.2. The van der Waals surface area contributed by atoms with Crippen molar-refractivity contribution in [2.45, 2.75) is 69.5 Å². The molecule has 1 saturated carbocycles. The van der Waals surface area contributed by atoms with Gasteiger partial charge in [-0.25, -0.2) is 14.6 Å². The van der Waals surface area contributed by atoms with Crippen LogP contribution in [-0.4, -0.2) is 46.2 Å². The number of aromatic nitrogens is 1. The van der Waals surface area contributed by atoms with E-state index in [9.17, 15) is 14.7 Å². The number of nitrogens with zero attached hydrogens (tertiary/aromatic N) is 2. The van der Waals surface area contributed by atoms with Crippen molar-refractivity contribution in [3.8, 4) is 0 Å². The summed E-state index contributed by atoms with van der Waals surface area (Å²) in [5.74, 6) is 0.519. The number of piperidine rings is 1. The second-order valence-electron chi connectivity index (χ2n) is 9.04. The SMILES string of the molecule is O=C1Nc2c(Cl)cc3nc(CNCC4CCCCN4C(=O)O)oc3c2C2(CCCCC2)N1. The molecule has 3 amide bonds. The first-order valence-corrected chi connectivity index (χ1v) is 11.8. The van der Waals surface area contributed by atoms with E-state index < -0.39 is 11.6 Å². The van der Waals surface area contributed by atoms with Crippen LogP contribution in [0.15, 0.2) is 10.5 Å². The molecule has 3 aliphatic rings. The minimum Gasteiger partial charge on any atom is -0.465 e. The number of halogens is 1. The second-order valence-corrected chi connectivity index (χ2v) is 9.45. The summed E-state index contributed by atoms with van der Waals surface area (Å²) in [6.07, 6.45) is 6.79. The van der Waals surface area contributed by atoms with E-state index in [0.717, 1.165) is 56.9 Å². The van der Waals surface area contributed by atoms with Crippen LogP contribution >= 0.6 is 11.6 Å². The highest BCUT2D eigenvalue weighted by molar-refractivity contribution is 6.35. The van der Waals surface area contributed by atoms with Crippen molar-refractivity contribution in [1.29, 1.82) is 0 Å². The maximum absolute atomic E-state index is 12.4. The number of carbonyl (C=O) groups excluding carboxylic acids is 1. The predicted octanol–water partition coefficient (Wildman–Crippen LogP) is 4.40. The number of benzene rings is 1. The number of nitrogens with one attached hydrogen (secondary N) is 3. The third-order valence-corrected chi connectivity index (χ3v) is 7.28. The molecule has 1 unspecified atom stereocenters. The zero-order chi connectivity index (χ0) is 22.3. The smallest absolute Gasteiger partial charge is 0.407 e. The van der Waals surface area contributed by atoms with Crippen LogP contribution < -0.4 is 16.0 Å². The highest BCUT2D eigenvalue weighted by Crippen LogP contribution is 2.48. The van der Waals surface area contributed by atoms with Crippen molar-refractivity contribution < 1.29 is 19.1 Å². The summed E-state index contributed by atoms with van der Waals surface area (Å²) >= 11 is 6.55. The quantitative estimate of drug-likeness (QED) is 0.535. The molecule has 0 bridgehead atoms. The fourth-order valence-corrected chi connectivity index (χ4v) is 5.74. The van der Waals surface area contributed by atoms with Gasteiger partial charge in [0.15, 0.2) is 5.58 Å². The van der Waals surface area contributed by atoms with Crippen LogP contribution in [0.25, 0.3) is 11.1 Å². The largest absolute Gasteiger partial charge is 0.465 e. The zero-order valence-electron chi connectivity index (χ0n) is 17.9. The topological polar surface area (TPSA) is 120 Å². The monoisotopic (exact) mass is 461 g/mol. The Morgan fingerprint density at radius 2 is 2.12 bits per heavy atom. The number of rotatable bonds is 4. The van der Waals surface area contributed by atoms with E-state index >= 15 is 0 Å². The van der Waals surface area contributed by atoms with Gasteiger partial charge in [0.1, 0.15) is 5.52 Å². The number of oxazole rings is 1. The third kappa shape index (κ3) is 3.77. The molecule has 2 aliphatic heterocycles. The number of likely N-dealkylation sites (tertiary alicyclic amines) is 1. The molecule has 3 heterocycles. The molecule has 4 N–H and O–H groups in total. The fraction of sp³-hybridized carbons (Fsp3) is 0.591. The number of hydrogen-bond acceptors (Lipinski definition) is 5. The second kappa shape index (κ2) is 8.44. The Morgan fingerprint density at radius 3 is 2.91 bits per heavy atom. The van der Waals surface area contributed by atoms with Gasteiger partial charge >= 0.3 is 12.1 Å². The van der Waals surface area contributed by atoms with Gasteiger partial charge < -0.3 is 30.4 Å². The van der Waals surface area contributed by atoms with E-state index in [1.165, 1.54) is 4.90 Å². The molecule has 1 saturated heterocycles. The Bertz CT molecular complexity index is 1050. The summed E-state index contributed by atoms with van der Waals surface area (Å²) in [6.45, 7) is 1.51. The summed E-state index contributed by atoms with van der Waals surface area (Å²) in [7, 11) is 0. The molecule has 2 fully saturated rings. The van der Waals surface area contributed by atoms with Crippen LogP contribution in [-0.2, 0) is 12.1 Å². The molecule has 1 spiro atoms. The predicted molar refractivity (Wildman–Crippen MR) is 120 cm³/mol. The Hall–Kier alpha value is -2.52.